The zero-order chi connectivity index (χ0) is 24.0. The van der Waals surface area contributed by atoms with Gasteiger partial charge in [0.25, 0.3) is 5.91 Å². The molecule has 0 saturated carbocycles. The number of aliphatic hydroxyl groups excluding tert-OH is 1. The van der Waals surface area contributed by atoms with Crippen LogP contribution in [0.2, 0.25) is 0 Å². The molecule has 0 aliphatic carbocycles. The number of halogens is 4. The fourth-order valence-corrected chi connectivity index (χ4v) is 3.56. The van der Waals surface area contributed by atoms with Crippen molar-refractivity contribution in [3.05, 3.63) is 71.2 Å². The number of amides is 1. The highest BCUT2D eigenvalue weighted by Gasteiger charge is 2.24. The van der Waals surface area contributed by atoms with E-state index in [9.17, 15) is 27.5 Å². The Morgan fingerprint density at radius 2 is 1.73 bits per heavy atom. The van der Waals surface area contributed by atoms with E-state index in [1.807, 2.05) is 5.32 Å². The molecule has 4 N–H and O–H groups in total. The molecular formula is C22H17F4N5O2. The SMILES string of the molecule is Cc1nc(N)c2c(-c3ccc(NC(=O)C(O)c4cc(F)cc(F)c4)c(F)c3F)cn(C)c2n1. The number of nitrogen functional groups attached to an aromatic ring is 1. The molecule has 1 amide bonds. The maximum absolute atomic E-state index is 15.0. The molecule has 2 aromatic heterocycles. The lowest BCUT2D eigenvalue weighted by molar-refractivity contribution is -0.124. The van der Waals surface area contributed by atoms with Gasteiger partial charge in [0.15, 0.2) is 17.7 Å². The number of nitrogens with two attached hydrogens (primary N) is 1. The van der Waals surface area contributed by atoms with Gasteiger partial charge in [0.1, 0.15) is 28.9 Å². The highest BCUT2D eigenvalue weighted by molar-refractivity contribution is 6.01. The van der Waals surface area contributed by atoms with Gasteiger partial charge in [0, 0.05) is 30.4 Å². The van der Waals surface area contributed by atoms with Crippen LogP contribution < -0.4 is 11.1 Å². The van der Waals surface area contributed by atoms with Crippen LogP contribution in [0.3, 0.4) is 0 Å². The standard InChI is InChI=1S/C22H17F4N5O2/c1-9-28-20(27)16-14(8-31(2)21(16)29-9)13-3-4-15(18(26)17(13)25)30-22(33)19(32)10-5-11(23)7-12(24)6-10/h3-8,19,32H,1-2H3,(H,30,33)(H2,27,28,29). The normalized spacial score (nSPS) is 12.2. The average Bonchev–Trinajstić information content (AvgIpc) is 3.06. The minimum atomic E-state index is -2.02. The van der Waals surface area contributed by atoms with Crippen molar-refractivity contribution >= 4 is 28.4 Å². The van der Waals surface area contributed by atoms with Gasteiger partial charge in [-0.05, 0) is 36.8 Å². The molecule has 4 rings (SSSR count). The predicted molar refractivity (Wildman–Crippen MR) is 113 cm³/mol. The van der Waals surface area contributed by atoms with Gasteiger partial charge < -0.3 is 20.7 Å². The minimum absolute atomic E-state index is 0.0933. The number of aliphatic hydroxyl groups is 1. The van der Waals surface area contributed by atoms with E-state index in [2.05, 4.69) is 9.97 Å². The number of hydrogen-bond acceptors (Lipinski definition) is 5. The average molecular weight is 459 g/mol. The van der Waals surface area contributed by atoms with Crippen molar-refractivity contribution < 1.29 is 27.5 Å². The minimum Gasteiger partial charge on any atom is -0.383 e. The maximum atomic E-state index is 15.0. The molecule has 33 heavy (non-hydrogen) atoms. The number of fused-ring (bicyclic) bond motifs is 1. The van der Waals surface area contributed by atoms with Crippen molar-refractivity contribution in [2.45, 2.75) is 13.0 Å². The topological polar surface area (TPSA) is 106 Å². The summed E-state index contributed by atoms with van der Waals surface area (Å²) in [5.41, 5.74) is 5.55. The number of rotatable bonds is 4. The van der Waals surface area contributed by atoms with Crippen LogP contribution in [0.1, 0.15) is 17.5 Å². The molecule has 2 heterocycles. The van der Waals surface area contributed by atoms with Crippen molar-refractivity contribution in [3.8, 4) is 11.1 Å². The van der Waals surface area contributed by atoms with Crippen LogP contribution in [-0.2, 0) is 11.8 Å². The molecule has 0 bridgehead atoms. The van der Waals surface area contributed by atoms with Gasteiger partial charge in [-0.1, -0.05) is 0 Å². The van der Waals surface area contributed by atoms with Crippen LogP contribution >= 0.6 is 0 Å². The number of hydrogen-bond donors (Lipinski definition) is 3. The van der Waals surface area contributed by atoms with Gasteiger partial charge in [-0.15, -0.1) is 0 Å². The molecule has 0 fully saturated rings. The molecule has 2 aromatic carbocycles. The predicted octanol–water partition coefficient (Wildman–Crippen LogP) is 3.75. The van der Waals surface area contributed by atoms with Gasteiger partial charge in [-0.25, -0.2) is 27.5 Å². The molecule has 4 aromatic rings. The fourth-order valence-electron chi connectivity index (χ4n) is 3.56. The first-order valence-electron chi connectivity index (χ1n) is 9.59. The third-order valence-corrected chi connectivity index (χ3v) is 5.04. The Kier molecular flexibility index (Phi) is 5.50. The number of carbonyl (C=O) groups is 1. The molecule has 7 nitrogen and oxygen atoms in total. The van der Waals surface area contributed by atoms with Crippen molar-refractivity contribution in [1.29, 1.82) is 0 Å². The summed E-state index contributed by atoms with van der Waals surface area (Å²) in [6, 6.07) is 4.38. The van der Waals surface area contributed by atoms with Crippen LogP contribution in [0.5, 0.6) is 0 Å². The van der Waals surface area contributed by atoms with E-state index in [1.165, 1.54) is 12.3 Å². The summed E-state index contributed by atoms with van der Waals surface area (Å²) in [7, 11) is 1.66. The summed E-state index contributed by atoms with van der Waals surface area (Å²) in [6.07, 6.45) is -0.497. The smallest absolute Gasteiger partial charge is 0.257 e. The molecule has 170 valence electrons. The first-order valence-corrected chi connectivity index (χ1v) is 9.59. The molecule has 1 atom stereocenters. The van der Waals surface area contributed by atoms with Gasteiger partial charge in [0.05, 0.1) is 11.1 Å². The van der Waals surface area contributed by atoms with E-state index >= 15 is 0 Å². The molecule has 0 spiro atoms. The molecule has 0 aliphatic heterocycles. The van der Waals surface area contributed by atoms with Crippen LogP contribution in [0.15, 0.2) is 36.5 Å². The van der Waals surface area contributed by atoms with Crippen LogP contribution in [-0.4, -0.2) is 25.5 Å². The first-order chi connectivity index (χ1) is 15.6. The largest absolute Gasteiger partial charge is 0.383 e. The van der Waals surface area contributed by atoms with E-state index in [0.717, 1.165) is 18.2 Å². The monoisotopic (exact) mass is 459 g/mol. The van der Waals surface area contributed by atoms with Gasteiger partial charge >= 0.3 is 0 Å². The third-order valence-electron chi connectivity index (χ3n) is 5.04. The zero-order valence-electron chi connectivity index (χ0n) is 17.3. The van der Waals surface area contributed by atoms with Crippen molar-refractivity contribution in [3.63, 3.8) is 0 Å². The van der Waals surface area contributed by atoms with Crippen LogP contribution in [0.4, 0.5) is 29.1 Å². The third kappa shape index (κ3) is 3.98. The van der Waals surface area contributed by atoms with Crippen molar-refractivity contribution in [1.82, 2.24) is 14.5 Å². The quantitative estimate of drug-likeness (QED) is 0.403. The molecule has 0 saturated heterocycles. The van der Waals surface area contributed by atoms with Gasteiger partial charge in [-0.2, -0.15) is 0 Å². The second kappa shape index (κ2) is 8.17. The Morgan fingerprint density at radius 1 is 1.06 bits per heavy atom. The lowest BCUT2D eigenvalue weighted by atomic mass is 10.0. The zero-order valence-corrected chi connectivity index (χ0v) is 17.3. The Bertz CT molecular complexity index is 1400. The lowest BCUT2D eigenvalue weighted by Crippen LogP contribution is -2.22. The molecular weight excluding hydrogens is 442 g/mol. The fraction of sp³-hybridized carbons (Fsp3) is 0.136. The number of aromatic nitrogens is 3. The molecule has 0 aliphatic rings. The van der Waals surface area contributed by atoms with Crippen LogP contribution in [0, 0.1) is 30.2 Å². The van der Waals surface area contributed by atoms with E-state index in [4.69, 9.17) is 5.73 Å². The Balaban J connectivity index is 1.69. The maximum Gasteiger partial charge on any atom is 0.257 e. The van der Waals surface area contributed by atoms with Crippen molar-refractivity contribution in [2.24, 2.45) is 7.05 Å². The Hall–Kier alpha value is -3.99. The first kappa shape index (κ1) is 22.2. The van der Waals surface area contributed by atoms with Crippen molar-refractivity contribution in [2.75, 3.05) is 11.1 Å². The number of aryl methyl sites for hydroxylation is 2. The highest BCUT2D eigenvalue weighted by Crippen LogP contribution is 2.36. The number of benzene rings is 2. The molecule has 0 radical (unpaired) electrons. The van der Waals surface area contributed by atoms with Gasteiger partial charge in [0.2, 0.25) is 0 Å². The lowest BCUT2D eigenvalue weighted by Gasteiger charge is -2.14. The summed E-state index contributed by atoms with van der Waals surface area (Å²) < 4.78 is 58.1. The van der Waals surface area contributed by atoms with Crippen LogP contribution in [0.25, 0.3) is 22.2 Å². The number of nitrogens with one attached hydrogen (secondary N) is 1. The van der Waals surface area contributed by atoms with Gasteiger partial charge in [-0.3, -0.25) is 4.79 Å². The summed E-state index contributed by atoms with van der Waals surface area (Å²) >= 11 is 0. The van der Waals surface area contributed by atoms with E-state index in [1.54, 1.807) is 18.5 Å². The second-order valence-electron chi connectivity index (χ2n) is 7.39. The summed E-state index contributed by atoms with van der Waals surface area (Å²) in [5, 5.41) is 12.4. The summed E-state index contributed by atoms with van der Waals surface area (Å²) in [6.45, 7) is 1.65. The number of nitrogens with zero attached hydrogens (tertiary/aromatic N) is 3. The Labute approximate surface area is 184 Å². The highest BCUT2D eigenvalue weighted by atomic mass is 19.2. The second-order valence-corrected chi connectivity index (χ2v) is 7.39. The van der Waals surface area contributed by atoms with E-state index < -0.39 is 41.0 Å². The number of carbonyl (C=O) groups excluding carboxylic acids is 1. The summed E-state index contributed by atoms with van der Waals surface area (Å²) in [4.78, 5) is 20.6. The number of anilines is 2. The van der Waals surface area contributed by atoms with E-state index in [-0.39, 0.29) is 22.5 Å². The molecule has 1 unspecified atom stereocenters. The molecule has 11 heteroatoms. The summed E-state index contributed by atoms with van der Waals surface area (Å²) in [5.74, 6) is -5.40. The Morgan fingerprint density at radius 3 is 2.39 bits per heavy atom. The van der Waals surface area contributed by atoms with E-state index in [0.29, 0.717) is 22.9 Å².